The highest BCUT2D eigenvalue weighted by atomic mass is 35.5. The molecule has 0 spiro atoms. The van der Waals surface area contributed by atoms with Gasteiger partial charge in [-0.15, -0.1) is 0 Å². The number of hydrogen-bond donors (Lipinski definition) is 0. The molecule has 0 aliphatic rings. The third kappa shape index (κ3) is 5.30. The number of hydrogen-bond acceptors (Lipinski definition) is 5. The molecule has 2 rings (SSSR count). The monoisotopic (exact) mass is 400 g/mol. The lowest BCUT2D eigenvalue weighted by atomic mass is 9.91. The minimum Gasteiger partial charge on any atom is -0.447 e. The van der Waals surface area contributed by atoms with E-state index >= 15 is 0 Å². The molecule has 0 aliphatic carbocycles. The smallest absolute Gasteiger partial charge is 0.355 e. The second-order valence-corrected chi connectivity index (χ2v) is 6.60. The predicted molar refractivity (Wildman–Crippen MR) is 106 cm³/mol. The molecule has 0 aromatic heterocycles. The minimum atomic E-state index is -1.20. The van der Waals surface area contributed by atoms with Crippen LogP contribution in [0, 0.1) is 0 Å². The molecule has 28 heavy (non-hydrogen) atoms. The summed E-state index contributed by atoms with van der Waals surface area (Å²) in [6.07, 6.45) is -1.04. The van der Waals surface area contributed by atoms with Gasteiger partial charge >= 0.3 is 17.9 Å². The number of benzene rings is 2. The third-order valence-corrected chi connectivity index (χ3v) is 4.36. The first-order valence-corrected chi connectivity index (χ1v) is 9.14. The Labute approximate surface area is 168 Å². The first kappa shape index (κ1) is 21.4. The number of carbonyl (C=O) groups is 3. The van der Waals surface area contributed by atoms with Gasteiger partial charge in [0.05, 0.1) is 0 Å². The Balaban J connectivity index is 2.28. The van der Waals surface area contributed by atoms with E-state index in [1.165, 1.54) is 6.92 Å². The summed E-state index contributed by atoms with van der Waals surface area (Å²) < 4.78 is 10.1. The van der Waals surface area contributed by atoms with Gasteiger partial charge in [0.2, 0.25) is 0 Å². The van der Waals surface area contributed by atoms with E-state index in [1.807, 2.05) is 6.07 Å². The molecule has 146 valence electrons. The molecule has 0 aliphatic heterocycles. The minimum absolute atomic E-state index is 0.149. The molecule has 5 nitrogen and oxygen atoms in total. The molecule has 0 saturated heterocycles. The van der Waals surface area contributed by atoms with Gasteiger partial charge in [0.15, 0.2) is 6.10 Å². The zero-order valence-corrected chi connectivity index (χ0v) is 16.4. The van der Waals surface area contributed by atoms with Crippen molar-refractivity contribution >= 4 is 29.5 Å². The summed E-state index contributed by atoms with van der Waals surface area (Å²) >= 11 is 6.27. The van der Waals surface area contributed by atoms with Gasteiger partial charge in [-0.2, -0.15) is 0 Å². The maximum atomic E-state index is 12.9. The van der Waals surface area contributed by atoms with Crippen molar-refractivity contribution in [3.8, 4) is 0 Å². The molecule has 2 atom stereocenters. The lowest BCUT2D eigenvalue weighted by Crippen LogP contribution is -2.32. The van der Waals surface area contributed by atoms with E-state index in [9.17, 15) is 14.4 Å². The number of rotatable bonds is 7. The second kappa shape index (κ2) is 9.85. The summed E-state index contributed by atoms with van der Waals surface area (Å²) in [6, 6.07) is 15.7. The highest BCUT2D eigenvalue weighted by molar-refractivity contribution is 6.31. The van der Waals surface area contributed by atoms with E-state index in [1.54, 1.807) is 55.5 Å². The Kier molecular flexibility index (Phi) is 7.52. The molecule has 0 heterocycles. The van der Waals surface area contributed by atoms with Crippen LogP contribution in [0.25, 0.3) is 0 Å². The first-order chi connectivity index (χ1) is 13.3. The van der Waals surface area contributed by atoms with E-state index in [0.717, 1.165) is 0 Å². The zero-order valence-electron chi connectivity index (χ0n) is 15.7. The van der Waals surface area contributed by atoms with Crippen molar-refractivity contribution in [1.82, 2.24) is 0 Å². The zero-order chi connectivity index (χ0) is 20.7. The molecule has 0 saturated carbocycles. The van der Waals surface area contributed by atoms with Crippen LogP contribution in [-0.2, 0) is 23.9 Å². The maximum absolute atomic E-state index is 12.9. The Bertz CT molecular complexity index is 876. The fraction of sp³-hybridized carbons (Fsp3) is 0.227. The normalized spacial score (nSPS) is 12.5. The number of esters is 3. The second-order valence-electron chi connectivity index (χ2n) is 6.19. The summed E-state index contributed by atoms with van der Waals surface area (Å²) in [5.41, 5.74) is 1.29. The highest BCUT2D eigenvalue weighted by Crippen LogP contribution is 2.31. The van der Waals surface area contributed by atoms with Crippen molar-refractivity contribution in [2.45, 2.75) is 32.3 Å². The predicted octanol–water partition coefficient (Wildman–Crippen LogP) is 4.44. The first-order valence-electron chi connectivity index (χ1n) is 8.76. The molecular weight excluding hydrogens is 380 g/mol. The van der Waals surface area contributed by atoms with Gasteiger partial charge in [0, 0.05) is 10.6 Å². The van der Waals surface area contributed by atoms with Gasteiger partial charge in [-0.3, -0.25) is 4.79 Å². The molecule has 0 radical (unpaired) electrons. The van der Waals surface area contributed by atoms with Crippen LogP contribution < -0.4 is 0 Å². The molecule has 0 amide bonds. The quantitative estimate of drug-likeness (QED) is 0.390. The molecule has 0 N–H and O–H groups in total. The van der Waals surface area contributed by atoms with Crippen LogP contribution in [-0.4, -0.2) is 24.0 Å². The summed E-state index contributed by atoms with van der Waals surface area (Å²) in [5.74, 6) is -3.35. The Morgan fingerprint density at radius 2 is 1.61 bits per heavy atom. The van der Waals surface area contributed by atoms with Crippen molar-refractivity contribution in [2.75, 3.05) is 0 Å². The van der Waals surface area contributed by atoms with Crippen molar-refractivity contribution in [2.24, 2.45) is 0 Å². The molecule has 2 unspecified atom stereocenters. The molecule has 0 fully saturated rings. The lowest BCUT2D eigenvalue weighted by molar-refractivity contribution is -0.173. The molecule has 0 bridgehead atoms. The van der Waals surface area contributed by atoms with Crippen LogP contribution in [0.1, 0.15) is 37.3 Å². The average Bonchev–Trinajstić information content (AvgIpc) is 2.68. The Morgan fingerprint density at radius 3 is 2.18 bits per heavy atom. The van der Waals surface area contributed by atoms with Crippen molar-refractivity contribution in [3.63, 3.8) is 0 Å². The fourth-order valence-electron chi connectivity index (χ4n) is 2.55. The largest absolute Gasteiger partial charge is 0.447 e. The van der Waals surface area contributed by atoms with Gasteiger partial charge in [0.1, 0.15) is 5.92 Å². The van der Waals surface area contributed by atoms with Crippen LogP contribution in [0.2, 0.25) is 5.02 Å². The van der Waals surface area contributed by atoms with Crippen LogP contribution in [0.3, 0.4) is 0 Å². The van der Waals surface area contributed by atoms with Gasteiger partial charge in [-0.25, -0.2) is 9.59 Å². The van der Waals surface area contributed by atoms with Crippen molar-refractivity contribution < 1.29 is 23.9 Å². The van der Waals surface area contributed by atoms with Gasteiger partial charge < -0.3 is 9.47 Å². The van der Waals surface area contributed by atoms with E-state index in [2.05, 4.69) is 6.58 Å². The van der Waals surface area contributed by atoms with E-state index in [-0.39, 0.29) is 12.0 Å². The number of carbonyl (C=O) groups excluding carboxylic acids is 3. The average molecular weight is 401 g/mol. The third-order valence-electron chi connectivity index (χ3n) is 4.02. The maximum Gasteiger partial charge on any atom is 0.355 e. The topological polar surface area (TPSA) is 69.7 Å². The van der Waals surface area contributed by atoms with E-state index < -0.39 is 29.9 Å². The van der Waals surface area contributed by atoms with E-state index in [4.69, 9.17) is 21.1 Å². The van der Waals surface area contributed by atoms with Crippen LogP contribution in [0.4, 0.5) is 0 Å². The molecule has 6 heteroatoms. The van der Waals surface area contributed by atoms with Crippen LogP contribution in [0.5, 0.6) is 0 Å². The lowest BCUT2D eigenvalue weighted by Gasteiger charge is -2.19. The van der Waals surface area contributed by atoms with E-state index in [0.29, 0.717) is 16.1 Å². The standard InChI is InChI=1S/C22H21ClO5/c1-4-18(27-20(24)14(2)3)21(25)28-22(26)19(15-10-6-5-7-11-15)16-12-8-9-13-17(16)23/h5-13,18-19H,2,4H2,1,3H3. The molecule has 2 aromatic carbocycles. The highest BCUT2D eigenvalue weighted by Gasteiger charge is 2.31. The number of halogens is 1. The Hall–Kier alpha value is -2.92. The SMILES string of the molecule is C=C(C)C(=O)OC(CC)C(=O)OC(=O)C(c1ccccc1)c1ccccc1Cl. The van der Waals surface area contributed by atoms with Crippen LogP contribution in [0.15, 0.2) is 66.7 Å². The molecule has 2 aromatic rings. The summed E-state index contributed by atoms with van der Waals surface area (Å²) in [7, 11) is 0. The summed E-state index contributed by atoms with van der Waals surface area (Å²) in [5, 5.41) is 0.376. The summed E-state index contributed by atoms with van der Waals surface area (Å²) in [6.45, 7) is 6.58. The number of ether oxygens (including phenoxy) is 2. The van der Waals surface area contributed by atoms with Gasteiger partial charge in [0.25, 0.3) is 0 Å². The van der Waals surface area contributed by atoms with Gasteiger partial charge in [-0.1, -0.05) is 73.6 Å². The molecular formula is C22H21ClO5. The van der Waals surface area contributed by atoms with Crippen molar-refractivity contribution in [3.05, 3.63) is 82.9 Å². The Morgan fingerprint density at radius 1 is 1.00 bits per heavy atom. The fourth-order valence-corrected chi connectivity index (χ4v) is 2.79. The summed E-state index contributed by atoms with van der Waals surface area (Å²) in [4.78, 5) is 37.0. The van der Waals surface area contributed by atoms with Gasteiger partial charge in [-0.05, 0) is 30.5 Å². The van der Waals surface area contributed by atoms with Crippen LogP contribution >= 0.6 is 11.6 Å². The van der Waals surface area contributed by atoms with Crippen molar-refractivity contribution in [1.29, 1.82) is 0 Å².